The number of esters is 1. The Morgan fingerprint density at radius 1 is 1.24 bits per heavy atom. The molecule has 1 aliphatic rings. The lowest BCUT2D eigenvalue weighted by atomic mass is 10.1. The first-order valence-electron chi connectivity index (χ1n) is 8.11. The number of carbonyl (C=O) groups is 2. The zero-order chi connectivity index (χ0) is 18.6. The number of alkyl halides is 3. The monoisotopic (exact) mass is 358 g/mol. The number of anilines is 2. The van der Waals surface area contributed by atoms with Crippen LogP contribution < -0.4 is 10.2 Å². The van der Waals surface area contributed by atoms with Gasteiger partial charge in [0.15, 0.2) is 6.61 Å². The van der Waals surface area contributed by atoms with E-state index in [0.29, 0.717) is 5.69 Å². The lowest BCUT2D eigenvalue weighted by molar-refractivity contribution is -0.150. The second-order valence-corrected chi connectivity index (χ2v) is 6.23. The zero-order valence-corrected chi connectivity index (χ0v) is 14.2. The third kappa shape index (κ3) is 5.11. The molecule has 1 heterocycles. The first-order valence-corrected chi connectivity index (χ1v) is 8.11. The molecule has 0 aromatic heterocycles. The summed E-state index contributed by atoms with van der Waals surface area (Å²) in [4.78, 5) is 25.3. The summed E-state index contributed by atoms with van der Waals surface area (Å²) in [5.74, 6) is -1.60. The van der Waals surface area contributed by atoms with Gasteiger partial charge in [-0.2, -0.15) is 13.2 Å². The highest BCUT2D eigenvalue weighted by Crippen LogP contribution is 2.36. The SMILES string of the molecule is CC(C)C(=O)OCC(=O)Nc1cc(C(F)(F)F)ccc1N1CCCC1. The van der Waals surface area contributed by atoms with Crippen molar-refractivity contribution < 1.29 is 27.5 Å². The average Bonchev–Trinajstić information content (AvgIpc) is 3.05. The van der Waals surface area contributed by atoms with Gasteiger partial charge >= 0.3 is 12.1 Å². The molecule has 0 unspecified atom stereocenters. The Morgan fingerprint density at radius 2 is 1.88 bits per heavy atom. The van der Waals surface area contributed by atoms with Crippen LogP contribution in [0.3, 0.4) is 0 Å². The molecule has 0 bridgehead atoms. The van der Waals surface area contributed by atoms with Crippen LogP contribution in [0.2, 0.25) is 0 Å². The van der Waals surface area contributed by atoms with E-state index in [2.05, 4.69) is 5.32 Å². The van der Waals surface area contributed by atoms with E-state index < -0.39 is 30.2 Å². The van der Waals surface area contributed by atoms with Crippen molar-refractivity contribution in [1.82, 2.24) is 0 Å². The largest absolute Gasteiger partial charge is 0.455 e. The summed E-state index contributed by atoms with van der Waals surface area (Å²) >= 11 is 0. The molecular weight excluding hydrogens is 337 g/mol. The van der Waals surface area contributed by atoms with Crippen LogP contribution >= 0.6 is 0 Å². The molecule has 1 N–H and O–H groups in total. The lowest BCUT2D eigenvalue weighted by Gasteiger charge is -2.23. The van der Waals surface area contributed by atoms with Crippen LogP contribution in [-0.2, 0) is 20.5 Å². The number of benzene rings is 1. The van der Waals surface area contributed by atoms with Crippen LogP contribution in [0.5, 0.6) is 0 Å². The molecule has 0 spiro atoms. The summed E-state index contributed by atoms with van der Waals surface area (Å²) in [6, 6.07) is 3.28. The first-order chi connectivity index (χ1) is 11.7. The maximum Gasteiger partial charge on any atom is 0.416 e. The van der Waals surface area contributed by atoms with E-state index in [1.807, 2.05) is 4.90 Å². The minimum Gasteiger partial charge on any atom is -0.455 e. The molecule has 1 fully saturated rings. The first kappa shape index (κ1) is 19.1. The van der Waals surface area contributed by atoms with E-state index in [4.69, 9.17) is 4.74 Å². The van der Waals surface area contributed by atoms with Crippen LogP contribution in [0.4, 0.5) is 24.5 Å². The molecule has 1 aliphatic heterocycles. The molecule has 0 saturated carbocycles. The topological polar surface area (TPSA) is 58.6 Å². The molecule has 2 rings (SSSR count). The van der Waals surface area contributed by atoms with Crippen LogP contribution in [0.15, 0.2) is 18.2 Å². The van der Waals surface area contributed by atoms with E-state index >= 15 is 0 Å². The predicted octanol–water partition coefficient (Wildman–Crippen LogP) is 3.44. The van der Waals surface area contributed by atoms with Crippen molar-refractivity contribution in [2.24, 2.45) is 5.92 Å². The Kier molecular flexibility index (Phi) is 5.92. The van der Waals surface area contributed by atoms with Gasteiger partial charge in [-0.25, -0.2) is 0 Å². The number of halogens is 3. The second kappa shape index (κ2) is 7.76. The van der Waals surface area contributed by atoms with E-state index in [9.17, 15) is 22.8 Å². The number of amides is 1. The van der Waals surface area contributed by atoms with Gasteiger partial charge in [-0.3, -0.25) is 9.59 Å². The smallest absolute Gasteiger partial charge is 0.416 e. The van der Waals surface area contributed by atoms with Crippen LogP contribution in [-0.4, -0.2) is 31.6 Å². The van der Waals surface area contributed by atoms with Gasteiger partial charge in [-0.1, -0.05) is 13.8 Å². The quantitative estimate of drug-likeness (QED) is 0.819. The van der Waals surface area contributed by atoms with Gasteiger partial charge < -0.3 is 15.0 Å². The molecule has 8 heteroatoms. The Labute approximate surface area is 144 Å². The summed E-state index contributed by atoms with van der Waals surface area (Å²) in [6.45, 7) is 4.15. The van der Waals surface area contributed by atoms with Gasteiger partial charge in [0.1, 0.15) is 0 Å². The normalized spacial score (nSPS) is 14.7. The number of hydrogen-bond acceptors (Lipinski definition) is 4. The third-order valence-electron chi connectivity index (χ3n) is 3.86. The molecule has 1 amide bonds. The van der Waals surface area contributed by atoms with Crippen molar-refractivity contribution >= 4 is 23.3 Å². The number of rotatable bonds is 5. The summed E-state index contributed by atoms with van der Waals surface area (Å²) in [6.07, 6.45) is -2.62. The van der Waals surface area contributed by atoms with Gasteiger partial charge in [0.05, 0.1) is 22.9 Å². The Balaban J connectivity index is 2.17. The fraction of sp³-hybridized carbons (Fsp3) is 0.529. The Hall–Kier alpha value is -2.25. The number of nitrogens with one attached hydrogen (secondary N) is 1. The molecular formula is C17H21F3N2O3. The lowest BCUT2D eigenvalue weighted by Crippen LogP contribution is -2.25. The Morgan fingerprint density at radius 3 is 2.44 bits per heavy atom. The minimum absolute atomic E-state index is 0.0716. The molecule has 0 atom stereocenters. The van der Waals surface area contributed by atoms with Crippen molar-refractivity contribution in [2.45, 2.75) is 32.9 Å². The van der Waals surface area contributed by atoms with E-state index in [1.165, 1.54) is 6.07 Å². The fourth-order valence-electron chi connectivity index (χ4n) is 2.54. The molecule has 0 aliphatic carbocycles. The van der Waals surface area contributed by atoms with E-state index in [-0.39, 0.29) is 11.6 Å². The zero-order valence-electron chi connectivity index (χ0n) is 14.2. The van der Waals surface area contributed by atoms with Crippen molar-refractivity contribution in [2.75, 3.05) is 29.9 Å². The number of nitrogens with zero attached hydrogens (tertiary/aromatic N) is 1. The van der Waals surface area contributed by atoms with Gasteiger partial charge in [0, 0.05) is 13.1 Å². The van der Waals surface area contributed by atoms with E-state index in [1.54, 1.807) is 13.8 Å². The predicted molar refractivity (Wildman–Crippen MR) is 87.3 cm³/mol. The second-order valence-electron chi connectivity index (χ2n) is 6.23. The standard InChI is InChI=1S/C17H21F3N2O3/c1-11(2)16(24)25-10-15(23)21-13-9-12(17(18,19)20)5-6-14(13)22-7-3-4-8-22/h5-6,9,11H,3-4,7-8,10H2,1-2H3,(H,21,23). The average molecular weight is 358 g/mol. The summed E-state index contributed by atoms with van der Waals surface area (Å²) < 4.78 is 43.7. The van der Waals surface area contributed by atoms with Gasteiger partial charge in [-0.05, 0) is 31.0 Å². The maximum absolute atomic E-state index is 13.0. The van der Waals surface area contributed by atoms with Gasteiger partial charge in [-0.15, -0.1) is 0 Å². The fourth-order valence-corrected chi connectivity index (χ4v) is 2.54. The van der Waals surface area contributed by atoms with Crippen molar-refractivity contribution in [3.63, 3.8) is 0 Å². The molecule has 25 heavy (non-hydrogen) atoms. The third-order valence-corrected chi connectivity index (χ3v) is 3.86. The summed E-state index contributed by atoms with van der Waals surface area (Å²) in [7, 11) is 0. The molecule has 138 valence electrons. The van der Waals surface area contributed by atoms with Gasteiger partial charge in [0.25, 0.3) is 5.91 Å². The van der Waals surface area contributed by atoms with Crippen molar-refractivity contribution in [3.8, 4) is 0 Å². The van der Waals surface area contributed by atoms with Crippen molar-refractivity contribution in [1.29, 1.82) is 0 Å². The molecule has 5 nitrogen and oxygen atoms in total. The highest BCUT2D eigenvalue weighted by Gasteiger charge is 2.32. The summed E-state index contributed by atoms with van der Waals surface area (Å²) in [5.41, 5.74) is -0.235. The van der Waals surface area contributed by atoms with Crippen LogP contribution in [0.25, 0.3) is 0 Å². The van der Waals surface area contributed by atoms with Crippen LogP contribution in [0, 0.1) is 5.92 Å². The molecule has 0 radical (unpaired) electrons. The van der Waals surface area contributed by atoms with Crippen molar-refractivity contribution in [3.05, 3.63) is 23.8 Å². The molecule has 1 aromatic carbocycles. The molecule has 1 aromatic rings. The number of hydrogen-bond donors (Lipinski definition) is 1. The minimum atomic E-state index is -4.51. The molecule has 1 saturated heterocycles. The van der Waals surface area contributed by atoms with Crippen LogP contribution in [0.1, 0.15) is 32.3 Å². The highest BCUT2D eigenvalue weighted by molar-refractivity contribution is 5.96. The highest BCUT2D eigenvalue weighted by atomic mass is 19.4. The Bertz CT molecular complexity index is 639. The van der Waals surface area contributed by atoms with Gasteiger partial charge in [0.2, 0.25) is 0 Å². The maximum atomic E-state index is 13.0. The number of carbonyl (C=O) groups excluding carboxylic acids is 2. The summed E-state index contributed by atoms with van der Waals surface area (Å²) in [5, 5.41) is 2.44. The number of ether oxygens (including phenoxy) is 1. The van der Waals surface area contributed by atoms with E-state index in [0.717, 1.165) is 38.1 Å².